The van der Waals surface area contributed by atoms with Crippen molar-refractivity contribution in [3.8, 4) is 0 Å². The first-order valence-electron chi connectivity index (χ1n) is 5.70. The monoisotopic (exact) mass is 276 g/mol. The number of hydrogen-bond acceptors (Lipinski definition) is 4. The molecule has 0 fully saturated rings. The normalized spacial score (nSPS) is 12.3. The maximum Gasteiger partial charge on any atom is 0.209 e. The van der Waals surface area contributed by atoms with Crippen LogP contribution in [0.25, 0.3) is 21.9 Å². The predicted octanol–water partition coefficient (Wildman–Crippen LogP) is 1.16. The molecule has 1 aromatic carbocycles. The summed E-state index contributed by atoms with van der Waals surface area (Å²) in [4.78, 5) is 11.8. The molecule has 19 heavy (non-hydrogen) atoms. The van der Waals surface area contributed by atoms with Crippen LogP contribution in [0.15, 0.2) is 30.5 Å². The first-order chi connectivity index (χ1) is 9.03. The molecule has 0 saturated heterocycles. The lowest BCUT2D eigenvalue weighted by Gasteiger charge is -1.97. The number of H-pyrrole nitrogens is 1. The SMILES string of the molecule is CS(=O)(=O)NCc1nc2cnc3ccccc3c2[nH]1. The molecule has 0 aliphatic heterocycles. The maximum absolute atomic E-state index is 11.1. The van der Waals surface area contributed by atoms with Gasteiger partial charge in [-0.25, -0.2) is 18.1 Å². The first-order valence-corrected chi connectivity index (χ1v) is 7.59. The molecule has 98 valence electrons. The van der Waals surface area contributed by atoms with Crippen LogP contribution in [0.1, 0.15) is 5.82 Å². The standard InChI is InChI=1S/C12H12N4O2S/c1-19(17,18)14-7-11-15-10-6-13-9-5-3-2-4-8(9)12(10)16-11/h2-6,14H,7H2,1H3,(H,15,16). The first kappa shape index (κ1) is 12.1. The van der Waals surface area contributed by atoms with Crippen molar-refractivity contribution in [2.24, 2.45) is 0 Å². The van der Waals surface area contributed by atoms with Gasteiger partial charge in [0.2, 0.25) is 10.0 Å². The second kappa shape index (κ2) is 4.29. The van der Waals surface area contributed by atoms with Crippen LogP contribution in [0.2, 0.25) is 0 Å². The van der Waals surface area contributed by atoms with E-state index in [-0.39, 0.29) is 6.54 Å². The second-order valence-corrected chi connectivity index (χ2v) is 6.15. The predicted molar refractivity (Wildman–Crippen MR) is 73.1 cm³/mol. The lowest BCUT2D eigenvalue weighted by atomic mass is 10.2. The third-order valence-electron chi connectivity index (χ3n) is 2.78. The van der Waals surface area contributed by atoms with Crippen molar-refractivity contribution < 1.29 is 8.42 Å². The van der Waals surface area contributed by atoms with Crippen molar-refractivity contribution in [1.29, 1.82) is 0 Å². The summed E-state index contributed by atoms with van der Waals surface area (Å²) < 4.78 is 24.5. The third kappa shape index (κ3) is 2.42. The van der Waals surface area contributed by atoms with Gasteiger partial charge in [0.05, 0.1) is 30.0 Å². The van der Waals surface area contributed by atoms with E-state index in [0.29, 0.717) is 5.82 Å². The van der Waals surface area contributed by atoms with E-state index in [4.69, 9.17) is 0 Å². The fourth-order valence-electron chi connectivity index (χ4n) is 1.95. The van der Waals surface area contributed by atoms with Gasteiger partial charge >= 0.3 is 0 Å². The summed E-state index contributed by atoms with van der Waals surface area (Å²) in [7, 11) is -3.23. The highest BCUT2D eigenvalue weighted by molar-refractivity contribution is 7.88. The lowest BCUT2D eigenvalue weighted by Crippen LogP contribution is -2.21. The second-order valence-electron chi connectivity index (χ2n) is 4.31. The van der Waals surface area contributed by atoms with Gasteiger partial charge in [0.1, 0.15) is 11.3 Å². The van der Waals surface area contributed by atoms with Gasteiger partial charge in [0.25, 0.3) is 0 Å². The molecule has 0 bridgehead atoms. The van der Waals surface area contributed by atoms with Crippen LogP contribution in [0, 0.1) is 0 Å². The van der Waals surface area contributed by atoms with E-state index in [1.165, 1.54) is 0 Å². The molecule has 6 nitrogen and oxygen atoms in total. The molecule has 0 atom stereocenters. The molecule has 2 N–H and O–H groups in total. The van der Waals surface area contributed by atoms with E-state index >= 15 is 0 Å². The zero-order valence-electron chi connectivity index (χ0n) is 10.2. The Morgan fingerprint density at radius 1 is 1.26 bits per heavy atom. The van der Waals surface area contributed by atoms with Crippen LogP contribution in [0.3, 0.4) is 0 Å². The van der Waals surface area contributed by atoms with Crippen molar-refractivity contribution in [1.82, 2.24) is 19.7 Å². The minimum absolute atomic E-state index is 0.141. The maximum atomic E-state index is 11.1. The van der Waals surface area contributed by atoms with Gasteiger partial charge in [-0.05, 0) is 6.07 Å². The van der Waals surface area contributed by atoms with Gasteiger partial charge in [-0.2, -0.15) is 0 Å². The molecule has 0 radical (unpaired) electrons. The average Bonchev–Trinajstić information content (AvgIpc) is 2.79. The van der Waals surface area contributed by atoms with Crippen LogP contribution in [-0.2, 0) is 16.6 Å². The smallest absolute Gasteiger partial charge is 0.209 e. The molecule has 2 aromatic heterocycles. The average molecular weight is 276 g/mol. The Balaban J connectivity index is 2.08. The van der Waals surface area contributed by atoms with Crippen molar-refractivity contribution in [3.05, 3.63) is 36.3 Å². The molecule has 3 aromatic rings. The highest BCUT2D eigenvalue weighted by Gasteiger charge is 2.08. The van der Waals surface area contributed by atoms with E-state index < -0.39 is 10.0 Å². The number of nitrogens with one attached hydrogen (secondary N) is 2. The Morgan fingerprint density at radius 3 is 2.84 bits per heavy atom. The number of imidazole rings is 1. The van der Waals surface area contributed by atoms with Crippen molar-refractivity contribution in [3.63, 3.8) is 0 Å². The van der Waals surface area contributed by atoms with E-state index in [1.54, 1.807) is 6.20 Å². The van der Waals surface area contributed by atoms with Gasteiger partial charge < -0.3 is 4.98 Å². The number of benzene rings is 1. The molecule has 0 unspecified atom stereocenters. The molecule has 3 rings (SSSR count). The van der Waals surface area contributed by atoms with Crippen molar-refractivity contribution >= 4 is 32.0 Å². The molecule has 2 heterocycles. The molecule has 0 aliphatic carbocycles. The Morgan fingerprint density at radius 2 is 2.05 bits per heavy atom. The van der Waals surface area contributed by atoms with E-state index in [9.17, 15) is 8.42 Å². The Bertz CT molecular complexity index is 854. The number of aromatic amines is 1. The number of hydrogen-bond donors (Lipinski definition) is 2. The molecule has 0 aliphatic rings. The molecule has 0 saturated carbocycles. The minimum atomic E-state index is -3.23. The molecule has 0 amide bonds. The van der Waals surface area contributed by atoms with Crippen LogP contribution in [-0.4, -0.2) is 29.6 Å². The topological polar surface area (TPSA) is 87.7 Å². The number of nitrogens with zero attached hydrogens (tertiary/aromatic N) is 2. The number of sulfonamides is 1. The summed E-state index contributed by atoms with van der Waals surface area (Å²) in [5.74, 6) is 0.568. The molecule has 0 spiro atoms. The van der Waals surface area contributed by atoms with Gasteiger partial charge in [-0.1, -0.05) is 18.2 Å². The van der Waals surface area contributed by atoms with Crippen LogP contribution < -0.4 is 4.72 Å². The van der Waals surface area contributed by atoms with Gasteiger partial charge in [-0.3, -0.25) is 4.98 Å². The number of fused-ring (bicyclic) bond motifs is 3. The zero-order valence-corrected chi connectivity index (χ0v) is 11.0. The Hall–Kier alpha value is -1.99. The third-order valence-corrected chi connectivity index (χ3v) is 3.45. The van der Waals surface area contributed by atoms with Gasteiger partial charge in [-0.15, -0.1) is 0 Å². The number of aromatic nitrogens is 3. The quantitative estimate of drug-likeness (QED) is 0.751. The highest BCUT2D eigenvalue weighted by atomic mass is 32.2. The van der Waals surface area contributed by atoms with Crippen LogP contribution in [0.5, 0.6) is 0 Å². The lowest BCUT2D eigenvalue weighted by molar-refractivity contribution is 0.586. The van der Waals surface area contributed by atoms with E-state index in [0.717, 1.165) is 28.2 Å². The van der Waals surface area contributed by atoms with E-state index in [2.05, 4.69) is 19.7 Å². The Labute approximate surface area is 109 Å². The fraction of sp³-hybridized carbons (Fsp3) is 0.167. The fourth-order valence-corrected chi connectivity index (χ4v) is 2.35. The van der Waals surface area contributed by atoms with Crippen molar-refractivity contribution in [2.75, 3.05) is 6.26 Å². The van der Waals surface area contributed by atoms with E-state index in [1.807, 2.05) is 24.3 Å². The zero-order chi connectivity index (χ0) is 13.5. The summed E-state index contributed by atoms with van der Waals surface area (Å²) in [6.45, 7) is 0.141. The summed E-state index contributed by atoms with van der Waals surface area (Å²) in [6.07, 6.45) is 2.80. The summed E-state index contributed by atoms with van der Waals surface area (Å²) in [5.41, 5.74) is 2.47. The largest absolute Gasteiger partial charge is 0.340 e. The summed E-state index contributed by atoms with van der Waals surface area (Å²) >= 11 is 0. The Kier molecular flexibility index (Phi) is 2.72. The molecule has 7 heteroatoms. The number of para-hydroxylation sites is 1. The summed E-state index contributed by atoms with van der Waals surface area (Å²) in [5, 5.41) is 0.970. The van der Waals surface area contributed by atoms with Crippen LogP contribution in [0.4, 0.5) is 0 Å². The molecular formula is C12H12N4O2S. The van der Waals surface area contributed by atoms with Gasteiger partial charge in [0.15, 0.2) is 0 Å². The van der Waals surface area contributed by atoms with Crippen LogP contribution >= 0.6 is 0 Å². The van der Waals surface area contributed by atoms with Gasteiger partial charge in [0, 0.05) is 5.39 Å². The van der Waals surface area contributed by atoms with Crippen molar-refractivity contribution in [2.45, 2.75) is 6.54 Å². The number of rotatable bonds is 3. The minimum Gasteiger partial charge on any atom is -0.340 e. The summed E-state index contributed by atoms with van der Waals surface area (Å²) in [6, 6.07) is 7.73. The number of pyridine rings is 1. The highest BCUT2D eigenvalue weighted by Crippen LogP contribution is 2.21. The molecular weight excluding hydrogens is 264 g/mol.